The molecule has 0 amide bonds. The van der Waals surface area contributed by atoms with E-state index in [9.17, 15) is 0 Å². The zero-order chi connectivity index (χ0) is 12.6. The van der Waals surface area contributed by atoms with Crippen LogP contribution in [0.2, 0.25) is 5.02 Å². The molecule has 1 unspecified atom stereocenters. The van der Waals surface area contributed by atoms with E-state index in [1.807, 2.05) is 18.3 Å². The van der Waals surface area contributed by atoms with E-state index in [0.29, 0.717) is 17.5 Å². The van der Waals surface area contributed by atoms with Crippen molar-refractivity contribution in [3.63, 3.8) is 0 Å². The van der Waals surface area contributed by atoms with Crippen LogP contribution in [0.3, 0.4) is 0 Å². The molecule has 0 bridgehead atoms. The lowest BCUT2D eigenvalue weighted by Crippen LogP contribution is -2.13. The molecule has 0 spiro atoms. The maximum atomic E-state index is 6.18. The van der Waals surface area contributed by atoms with E-state index in [4.69, 9.17) is 17.3 Å². The smallest absolute Gasteiger partial charge is 0.156 e. The Hall–Kier alpha value is -1.06. The molecule has 2 heterocycles. The van der Waals surface area contributed by atoms with Crippen LogP contribution in [-0.4, -0.2) is 15.9 Å². The molecular formula is C13H18ClN3. The van der Waals surface area contributed by atoms with Crippen molar-refractivity contribution >= 4 is 17.2 Å². The summed E-state index contributed by atoms with van der Waals surface area (Å²) in [5.41, 5.74) is 8.89. The van der Waals surface area contributed by atoms with Crippen molar-refractivity contribution in [2.45, 2.75) is 32.6 Å². The fourth-order valence-corrected chi connectivity index (χ4v) is 2.30. The van der Waals surface area contributed by atoms with E-state index in [0.717, 1.165) is 11.3 Å². The Bertz CT molecular complexity index is 531. The summed E-state index contributed by atoms with van der Waals surface area (Å²) < 4.78 is 2.06. The predicted molar refractivity (Wildman–Crippen MR) is 71.8 cm³/mol. The van der Waals surface area contributed by atoms with E-state index < -0.39 is 0 Å². The number of aromatic nitrogens is 2. The number of halogens is 1. The summed E-state index contributed by atoms with van der Waals surface area (Å²) in [6.45, 7) is 7.01. The number of nitrogens with zero attached hydrogens (tertiary/aromatic N) is 2. The zero-order valence-corrected chi connectivity index (χ0v) is 11.2. The van der Waals surface area contributed by atoms with Crippen LogP contribution >= 0.6 is 11.6 Å². The predicted octanol–water partition coefficient (Wildman–Crippen LogP) is 3.17. The molecule has 17 heavy (non-hydrogen) atoms. The fourth-order valence-electron chi connectivity index (χ4n) is 2.10. The van der Waals surface area contributed by atoms with Crippen LogP contribution in [-0.2, 0) is 0 Å². The molecule has 3 nitrogen and oxygen atoms in total. The SMILES string of the molecule is CC(C)c1nc2c(Cl)cccn2c1C(C)CN. The third kappa shape index (κ3) is 2.05. The molecule has 1 atom stereocenters. The summed E-state index contributed by atoms with van der Waals surface area (Å²) in [5.74, 6) is 0.649. The molecule has 2 aromatic rings. The molecular weight excluding hydrogens is 234 g/mol. The van der Waals surface area contributed by atoms with Gasteiger partial charge in [0.2, 0.25) is 0 Å². The molecule has 2 rings (SSSR count). The topological polar surface area (TPSA) is 43.3 Å². The standard InChI is InChI=1S/C13H18ClN3/c1-8(2)11-12(9(3)7-15)17-6-4-5-10(14)13(17)16-11/h4-6,8-9H,7,15H2,1-3H3. The van der Waals surface area contributed by atoms with Crippen LogP contribution in [0.25, 0.3) is 5.65 Å². The van der Waals surface area contributed by atoms with Crippen molar-refractivity contribution in [3.05, 3.63) is 34.7 Å². The minimum atomic E-state index is 0.279. The molecule has 0 saturated heterocycles. The number of fused-ring (bicyclic) bond motifs is 1. The minimum Gasteiger partial charge on any atom is -0.330 e. The van der Waals surface area contributed by atoms with Crippen LogP contribution < -0.4 is 5.73 Å². The molecule has 0 saturated carbocycles. The van der Waals surface area contributed by atoms with E-state index in [1.54, 1.807) is 0 Å². The monoisotopic (exact) mass is 251 g/mol. The third-order valence-corrected chi connectivity index (χ3v) is 3.33. The van der Waals surface area contributed by atoms with Crippen LogP contribution in [0.15, 0.2) is 18.3 Å². The third-order valence-electron chi connectivity index (χ3n) is 3.04. The Morgan fingerprint density at radius 1 is 1.41 bits per heavy atom. The lowest BCUT2D eigenvalue weighted by molar-refractivity contribution is 0.702. The number of nitrogens with two attached hydrogens (primary N) is 1. The highest BCUT2D eigenvalue weighted by Gasteiger charge is 2.20. The maximum Gasteiger partial charge on any atom is 0.156 e. The summed E-state index contributed by atoms with van der Waals surface area (Å²) >= 11 is 6.18. The number of imidazole rings is 1. The molecule has 0 aliphatic rings. The molecule has 0 radical (unpaired) electrons. The van der Waals surface area contributed by atoms with Gasteiger partial charge in [-0.25, -0.2) is 4.98 Å². The van der Waals surface area contributed by atoms with Crippen molar-refractivity contribution in [2.75, 3.05) is 6.54 Å². The average molecular weight is 252 g/mol. The Morgan fingerprint density at radius 3 is 2.71 bits per heavy atom. The lowest BCUT2D eigenvalue weighted by Gasteiger charge is -2.12. The first-order chi connectivity index (χ1) is 8.06. The number of pyridine rings is 1. The molecule has 92 valence electrons. The van der Waals surface area contributed by atoms with Gasteiger partial charge in [-0.15, -0.1) is 0 Å². The first-order valence-electron chi connectivity index (χ1n) is 5.92. The van der Waals surface area contributed by atoms with Crippen LogP contribution in [0.4, 0.5) is 0 Å². The Kier molecular flexibility index (Phi) is 3.40. The van der Waals surface area contributed by atoms with Crippen molar-refractivity contribution in [2.24, 2.45) is 5.73 Å². The number of rotatable bonds is 3. The highest BCUT2D eigenvalue weighted by Crippen LogP contribution is 2.29. The lowest BCUT2D eigenvalue weighted by atomic mass is 10.00. The van der Waals surface area contributed by atoms with Crippen molar-refractivity contribution < 1.29 is 0 Å². The summed E-state index contributed by atoms with van der Waals surface area (Å²) in [7, 11) is 0. The van der Waals surface area contributed by atoms with E-state index in [1.165, 1.54) is 5.69 Å². The molecule has 4 heteroatoms. The minimum absolute atomic E-state index is 0.279. The molecule has 2 N–H and O–H groups in total. The van der Waals surface area contributed by atoms with Gasteiger partial charge < -0.3 is 10.1 Å². The van der Waals surface area contributed by atoms with Gasteiger partial charge in [0, 0.05) is 18.7 Å². The second kappa shape index (κ2) is 4.67. The largest absolute Gasteiger partial charge is 0.330 e. The quantitative estimate of drug-likeness (QED) is 0.911. The molecule has 0 aliphatic heterocycles. The number of hydrogen-bond acceptors (Lipinski definition) is 2. The van der Waals surface area contributed by atoms with Gasteiger partial charge >= 0.3 is 0 Å². The summed E-state index contributed by atoms with van der Waals surface area (Å²) in [6, 6.07) is 3.80. The van der Waals surface area contributed by atoms with Gasteiger partial charge in [-0.1, -0.05) is 32.4 Å². The summed E-state index contributed by atoms with van der Waals surface area (Å²) in [6.07, 6.45) is 2.00. The Balaban J connectivity index is 2.76. The Labute approximate surface area is 107 Å². The zero-order valence-electron chi connectivity index (χ0n) is 10.4. The van der Waals surface area contributed by atoms with E-state index in [2.05, 4.69) is 30.2 Å². The summed E-state index contributed by atoms with van der Waals surface area (Å²) in [5, 5.41) is 0.685. The molecule has 0 aliphatic carbocycles. The molecule has 0 aromatic carbocycles. The van der Waals surface area contributed by atoms with E-state index >= 15 is 0 Å². The van der Waals surface area contributed by atoms with Gasteiger partial charge in [-0.2, -0.15) is 0 Å². The van der Waals surface area contributed by atoms with Crippen molar-refractivity contribution in [1.29, 1.82) is 0 Å². The van der Waals surface area contributed by atoms with Gasteiger partial charge in [0.05, 0.1) is 16.4 Å². The first kappa shape index (κ1) is 12.4. The van der Waals surface area contributed by atoms with Crippen molar-refractivity contribution in [3.8, 4) is 0 Å². The van der Waals surface area contributed by atoms with Gasteiger partial charge in [0.15, 0.2) is 5.65 Å². The van der Waals surface area contributed by atoms with E-state index in [-0.39, 0.29) is 5.92 Å². The van der Waals surface area contributed by atoms with Gasteiger partial charge in [0.1, 0.15) is 0 Å². The second-order valence-corrected chi connectivity index (χ2v) is 5.13. The molecule has 0 fully saturated rings. The normalized spacial score (nSPS) is 13.5. The van der Waals surface area contributed by atoms with Gasteiger partial charge in [-0.3, -0.25) is 0 Å². The van der Waals surface area contributed by atoms with Crippen LogP contribution in [0.5, 0.6) is 0 Å². The van der Waals surface area contributed by atoms with Crippen LogP contribution in [0, 0.1) is 0 Å². The first-order valence-corrected chi connectivity index (χ1v) is 6.30. The highest BCUT2D eigenvalue weighted by atomic mass is 35.5. The number of hydrogen-bond donors (Lipinski definition) is 1. The summed E-state index contributed by atoms with van der Waals surface area (Å²) in [4.78, 5) is 4.66. The van der Waals surface area contributed by atoms with Crippen molar-refractivity contribution in [1.82, 2.24) is 9.38 Å². The van der Waals surface area contributed by atoms with Gasteiger partial charge in [-0.05, 0) is 18.1 Å². The molecule has 2 aromatic heterocycles. The van der Waals surface area contributed by atoms with Gasteiger partial charge in [0.25, 0.3) is 0 Å². The second-order valence-electron chi connectivity index (χ2n) is 4.72. The average Bonchev–Trinajstić information content (AvgIpc) is 2.69. The van der Waals surface area contributed by atoms with Crippen LogP contribution in [0.1, 0.15) is 44.0 Å². The maximum absolute atomic E-state index is 6.18. The highest BCUT2D eigenvalue weighted by molar-refractivity contribution is 6.33. The Morgan fingerprint density at radius 2 is 2.12 bits per heavy atom. The fraction of sp³-hybridized carbons (Fsp3) is 0.462.